The Morgan fingerprint density at radius 3 is 2.31 bits per heavy atom. The van der Waals surface area contributed by atoms with Crippen LogP contribution < -0.4 is 10.6 Å². The molecule has 1 aliphatic heterocycles. The van der Waals surface area contributed by atoms with Crippen molar-refractivity contribution in [2.45, 2.75) is 39.5 Å². The topological polar surface area (TPSA) is 47.6 Å². The summed E-state index contributed by atoms with van der Waals surface area (Å²) in [6.07, 6.45) is -4.47. The summed E-state index contributed by atoms with van der Waals surface area (Å²) in [4.78, 5) is 16.0. The van der Waals surface area contributed by atoms with E-state index in [0.717, 1.165) is 38.8 Å². The van der Waals surface area contributed by atoms with E-state index in [2.05, 4.69) is 22.5 Å². The van der Waals surface area contributed by atoms with Crippen LogP contribution >= 0.6 is 0 Å². The maximum absolute atomic E-state index is 13.5. The van der Waals surface area contributed by atoms with Crippen LogP contribution in [-0.2, 0) is 12.7 Å². The van der Waals surface area contributed by atoms with Gasteiger partial charge in [0.05, 0.1) is 5.56 Å². The highest BCUT2D eigenvalue weighted by Crippen LogP contribution is 2.34. The monoisotopic (exact) mass is 372 g/mol. The number of piperazine rings is 1. The summed E-state index contributed by atoms with van der Waals surface area (Å²) in [6.45, 7) is 10.1. The minimum Gasteiger partial charge on any atom is -0.336 e. The van der Waals surface area contributed by atoms with Gasteiger partial charge in [-0.3, -0.25) is 4.90 Å². The van der Waals surface area contributed by atoms with Gasteiger partial charge in [0.15, 0.2) is 0 Å². The summed E-state index contributed by atoms with van der Waals surface area (Å²) >= 11 is 0. The third-order valence-electron chi connectivity index (χ3n) is 4.40. The SMILES string of the molecule is CCN1CCN(Cc2ccc(NC(=O)NC(C)C)cc2C(F)(F)F)CC1. The van der Waals surface area contributed by atoms with E-state index in [1.165, 1.54) is 12.1 Å². The van der Waals surface area contributed by atoms with Gasteiger partial charge in [0, 0.05) is 44.5 Å². The second-order valence-corrected chi connectivity index (χ2v) is 6.83. The van der Waals surface area contributed by atoms with Gasteiger partial charge in [-0.15, -0.1) is 0 Å². The summed E-state index contributed by atoms with van der Waals surface area (Å²) in [5.74, 6) is 0. The zero-order valence-electron chi connectivity index (χ0n) is 15.5. The first kappa shape index (κ1) is 20.5. The van der Waals surface area contributed by atoms with Crippen LogP contribution in [0.25, 0.3) is 0 Å². The van der Waals surface area contributed by atoms with E-state index in [4.69, 9.17) is 0 Å². The summed E-state index contributed by atoms with van der Waals surface area (Å²) < 4.78 is 40.5. The highest BCUT2D eigenvalue weighted by atomic mass is 19.4. The molecule has 2 rings (SSSR count). The smallest absolute Gasteiger partial charge is 0.336 e. The van der Waals surface area contributed by atoms with Crippen molar-refractivity contribution in [1.29, 1.82) is 0 Å². The van der Waals surface area contributed by atoms with Gasteiger partial charge < -0.3 is 15.5 Å². The minimum atomic E-state index is -4.47. The standard InChI is InChI=1S/C18H27F3N4O/c1-4-24-7-9-25(10-8-24)12-14-5-6-15(11-16(14)18(19,20)21)23-17(26)22-13(2)3/h5-6,11,13H,4,7-10,12H2,1-3H3,(H2,22,23,26). The molecular weight excluding hydrogens is 345 g/mol. The average molecular weight is 372 g/mol. The van der Waals surface area contributed by atoms with Gasteiger partial charge in [-0.25, -0.2) is 4.79 Å². The Morgan fingerprint density at radius 2 is 1.77 bits per heavy atom. The number of likely N-dealkylation sites (N-methyl/N-ethyl adjacent to an activating group) is 1. The molecule has 0 saturated carbocycles. The molecule has 1 aromatic carbocycles. The van der Waals surface area contributed by atoms with Crippen LogP contribution in [0.5, 0.6) is 0 Å². The van der Waals surface area contributed by atoms with Crippen LogP contribution in [-0.4, -0.2) is 54.6 Å². The predicted octanol–water partition coefficient (Wildman–Crippen LogP) is 3.37. The zero-order chi connectivity index (χ0) is 19.3. The molecule has 1 heterocycles. The van der Waals surface area contributed by atoms with Gasteiger partial charge in [0.25, 0.3) is 0 Å². The van der Waals surface area contributed by atoms with Crippen molar-refractivity contribution < 1.29 is 18.0 Å². The van der Waals surface area contributed by atoms with Gasteiger partial charge in [-0.1, -0.05) is 13.0 Å². The Balaban J connectivity index is 2.12. The van der Waals surface area contributed by atoms with Crippen molar-refractivity contribution in [3.63, 3.8) is 0 Å². The molecule has 1 saturated heterocycles. The number of anilines is 1. The summed E-state index contributed by atoms with van der Waals surface area (Å²) in [6, 6.07) is 3.37. The summed E-state index contributed by atoms with van der Waals surface area (Å²) in [5, 5.41) is 5.05. The van der Waals surface area contributed by atoms with E-state index in [1.54, 1.807) is 13.8 Å². The fraction of sp³-hybridized carbons (Fsp3) is 0.611. The van der Waals surface area contributed by atoms with Crippen LogP contribution in [0.1, 0.15) is 31.9 Å². The maximum Gasteiger partial charge on any atom is 0.416 e. The molecule has 2 N–H and O–H groups in total. The van der Waals surface area contributed by atoms with Crippen molar-refractivity contribution in [1.82, 2.24) is 15.1 Å². The van der Waals surface area contributed by atoms with E-state index in [0.29, 0.717) is 0 Å². The highest BCUT2D eigenvalue weighted by molar-refractivity contribution is 5.89. The molecule has 1 aliphatic rings. The first-order chi connectivity index (χ1) is 12.2. The van der Waals surface area contributed by atoms with Crippen LogP contribution in [0.2, 0.25) is 0 Å². The lowest BCUT2D eigenvalue weighted by Crippen LogP contribution is -2.45. The zero-order valence-corrected chi connectivity index (χ0v) is 15.5. The molecule has 0 aliphatic carbocycles. The minimum absolute atomic E-state index is 0.0989. The number of rotatable bonds is 5. The van der Waals surface area contributed by atoms with Crippen LogP contribution in [0.3, 0.4) is 0 Å². The van der Waals surface area contributed by atoms with Gasteiger partial charge in [0.1, 0.15) is 0 Å². The van der Waals surface area contributed by atoms with Crippen LogP contribution in [0, 0.1) is 0 Å². The quantitative estimate of drug-likeness (QED) is 0.833. The van der Waals surface area contributed by atoms with Gasteiger partial charge >= 0.3 is 12.2 Å². The van der Waals surface area contributed by atoms with Gasteiger partial charge in [-0.05, 0) is 38.1 Å². The second-order valence-electron chi connectivity index (χ2n) is 6.83. The Kier molecular flexibility index (Phi) is 6.88. The van der Waals surface area contributed by atoms with Crippen molar-refractivity contribution in [3.8, 4) is 0 Å². The average Bonchev–Trinajstić information content (AvgIpc) is 2.55. The fourth-order valence-corrected chi connectivity index (χ4v) is 2.99. The molecule has 1 aromatic rings. The number of hydrogen-bond acceptors (Lipinski definition) is 3. The molecule has 0 spiro atoms. The first-order valence-corrected chi connectivity index (χ1v) is 8.91. The summed E-state index contributed by atoms with van der Waals surface area (Å²) in [5.41, 5.74) is -0.329. The van der Waals surface area contributed by atoms with E-state index in [9.17, 15) is 18.0 Å². The van der Waals surface area contributed by atoms with Crippen molar-refractivity contribution in [3.05, 3.63) is 29.3 Å². The van der Waals surface area contributed by atoms with Crippen molar-refractivity contribution in [2.24, 2.45) is 0 Å². The number of urea groups is 1. The largest absolute Gasteiger partial charge is 0.416 e. The lowest BCUT2D eigenvalue weighted by molar-refractivity contribution is -0.138. The maximum atomic E-state index is 13.5. The molecule has 0 bridgehead atoms. The number of nitrogens with zero attached hydrogens (tertiary/aromatic N) is 2. The molecule has 0 atom stereocenters. The number of benzene rings is 1. The molecule has 26 heavy (non-hydrogen) atoms. The van der Waals surface area contributed by atoms with Crippen LogP contribution in [0.15, 0.2) is 18.2 Å². The molecule has 5 nitrogen and oxygen atoms in total. The predicted molar refractivity (Wildman–Crippen MR) is 96.1 cm³/mol. The number of nitrogens with one attached hydrogen (secondary N) is 2. The molecular formula is C18H27F3N4O. The lowest BCUT2D eigenvalue weighted by Gasteiger charge is -2.34. The molecule has 0 aromatic heterocycles. The number of carbonyl (C=O) groups excluding carboxylic acids is 1. The Morgan fingerprint density at radius 1 is 1.15 bits per heavy atom. The number of alkyl halides is 3. The molecule has 0 unspecified atom stereocenters. The van der Waals surface area contributed by atoms with E-state index >= 15 is 0 Å². The van der Waals surface area contributed by atoms with Crippen molar-refractivity contribution >= 4 is 11.7 Å². The first-order valence-electron chi connectivity index (χ1n) is 8.91. The molecule has 0 radical (unpaired) electrons. The van der Waals surface area contributed by atoms with E-state index in [-0.39, 0.29) is 23.8 Å². The molecule has 1 fully saturated rings. The number of halogens is 3. The van der Waals surface area contributed by atoms with Crippen molar-refractivity contribution in [2.75, 3.05) is 38.0 Å². The van der Waals surface area contributed by atoms with Gasteiger partial charge in [-0.2, -0.15) is 13.2 Å². The Hall–Kier alpha value is -1.80. The normalized spacial score (nSPS) is 16.7. The number of amides is 2. The lowest BCUT2D eigenvalue weighted by atomic mass is 10.0. The van der Waals surface area contributed by atoms with Gasteiger partial charge in [0.2, 0.25) is 0 Å². The second kappa shape index (κ2) is 8.73. The Labute approximate surface area is 152 Å². The highest BCUT2D eigenvalue weighted by Gasteiger charge is 2.34. The number of hydrogen-bond donors (Lipinski definition) is 2. The van der Waals surface area contributed by atoms with E-state index in [1.807, 2.05) is 4.90 Å². The third-order valence-corrected chi connectivity index (χ3v) is 4.40. The third kappa shape index (κ3) is 5.88. The fourth-order valence-electron chi connectivity index (χ4n) is 2.99. The summed E-state index contributed by atoms with van der Waals surface area (Å²) in [7, 11) is 0. The van der Waals surface area contributed by atoms with Crippen LogP contribution in [0.4, 0.5) is 23.7 Å². The Bertz CT molecular complexity index is 611. The molecule has 146 valence electrons. The molecule has 8 heteroatoms. The number of carbonyl (C=O) groups is 1. The molecule has 2 amide bonds. The van der Waals surface area contributed by atoms with E-state index < -0.39 is 17.8 Å².